The van der Waals surface area contributed by atoms with Crippen LogP contribution in [0.1, 0.15) is 6.92 Å². The number of hydrogen-bond acceptors (Lipinski definition) is 5. The number of ether oxygens (including phenoxy) is 1. The van der Waals surface area contributed by atoms with Crippen molar-refractivity contribution in [1.29, 1.82) is 0 Å². The number of benzene rings is 2. The van der Waals surface area contributed by atoms with Crippen molar-refractivity contribution in [3.8, 4) is 11.4 Å². The topological polar surface area (TPSA) is 69.0 Å². The molecule has 3 rings (SSSR count). The molecular weight excluding hydrogens is 372 g/mol. The second kappa shape index (κ2) is 8.73. The number of thioether (sulfide) groups is 1. The van der Waals surface area contributed by atoms with Gasteiger partial charge in [0.05, 0.1) is 12.3 Å². The van der Waals surface area contributed by atoms with Crippen LogP contribution in [0.15, 0.2) is 60.0 Å². The molecule has 0 fully saturated rings. The van der Waals surface area contributed by atoms with Crippen LogP contribution in [0.5, 0.6) is 5.75 Å². The minimum atomic E-state index is -0.111. The Morgan fingerprint density at radius 3 is 2.85 bits per heavy atom. The lowest BCUT2D eigenvalue weighted by Crippen LogP contribution is -2.06. The van der Waals surface area contributed by atoms with E-state index in [1.54, 1.807) is 30.2 Å². The lowest BCUT2D eigenvalue weighted by atomic mass is 10.2. The van der Waals surface area contributed by atoms with Gasteiger partial charge in [0.25, 0.3) is 0 Å². The second-order valence-electron chi connectivity index (χ2n) is 5.37. The highest BCUT2D eigenvalue weighted by molar-refractivity contribution is 7.99. The summed E-state index contributed by atoms with van der Waals surface area (Å²) in [6, 6.07) is 14.8. The third-order valence-corrected chi connectivity index (χ3v) is 4.52. The average molecular weight is 389 g/mol. The van der Waals surface area contributed by atoms with Gasteiger partial charge in [-0.25, -0.2) is 0 Å². The van der Waals surface area contributed by atoms with Crippen LogP contribution >= 0.6 is 23.4 Å². The van der Waals surface area contributed by atoms with E-state index in [0.29, 0.717) is 17.4 Å². The quantitative estimate of drug-likeness (QED) is 0.488. The van der Waals surface area contributed by atoms with Gasteiger partial charge in [-0.15, -0.1) is 10.2 Å². The number of nitrogens with zero attached hydrogens (tertiary/aromatic N) is 3. The van der Waals surface area contributed by atoms with Crippen molar-refractivity contribution < 1.29 is 9.53 Å². The number of hydrogen-bond donors (Lipinski definition) is 1. The van der Waals surface area contributed by atoms with E-state index in [2.05, 4.69) is 15.5 Å². The first-order valence-corrected chi connectivity index (χ1v) is 9.27. The zero-order chi connectivity index (χ0) is 18.4. The van der Waals surface area contributed by atoms with Crippen molar-refractivity contribution in [2.45, 2.75) is 12.1 Å². The first kappa shape index (κ1) is 18.3. The van der Waals surface area contributed by atoms with E-state index in [4.69, 9.17) is 16.3 Å². The Balaban J connectivity index is 1.60. The first-order valence-electron chi connectivity index (χ1n) is 7.91. The second-order valence-corrected chi connectivity index (χ2v) is 6.86. The summed E-state index contributed by atoms with van der Waals surface area (Å²) >= 11 is 7.40. The standard InChI is InChI=1S/C18H17ClN4O2S/c1-13(24)21-15-3-2-4-16(11-15)23-12-20-22-18(23)26-10-9-25-17-7-5-14(19)6-8-17/h2-8,11-12H,9-10H2,1H3,(H,21,24). The number of carbonyl (C=O) groups excluding carboxylic acids is 1. The van der Waals surface area contributed by atoms with Crippen LogP contribution in [0, 0.1) is 0 Å². The lowest BCUT2D eigenvalue weighted by molar-refractivity contribution is -0.114. The molecule has 134 valence electrons. The fourth-order valence-corrected chi connectivity index (χ4v) is 3.13. The van der Waals surface area contributed by atoms with Crippen LogP contribution in [0.3, 0.4) is 0 Å². The van der Waals surface area contributed by atoms with Gasteiger partial charge in [0.2, 0.25) is 5.91 Å². The van der Waals surface area contributed by atoms with Crippen LogP contribution in [-0.2, 0) is 4.79 Å². The number of aromatic nitrogens is 3. The molecule has 0 aliphatic heterocycles. The molecule has 26 heavy (non-hydrogen) atoms. The van der Waals surface area contributed by atoms with E-state index >= 15 is 0 Å². The summed E-state index contributed by atoms with van der Waals surface area (Å²) in [4.78, 5) is 11.2. The van der Waals surface area contributed by atoms with E-state index in [1.807, 2.05) is 41.0 Å². The molecule has 0 aliphatic carbocycles. The fraction of sp³-hybridized carbons (Fsp3) is 0.167. The molecule has 0 saturated heterocycles. The summed E-state index contributed by atoms with van der Waals surface area (Å²) in [5.74, 6) is 1.38. The van der Waals surface area contributed by atoms with Crippen LogP contribution in [0.2, 0.25) is 5.02 Å². The summed E-state index contributed by atoms with van der Waals surface area (Å²) in [6.07, 6.45) is 1.65. The third-order valence-electron chi connectivity index (χ3n) is 3.36. The van der Waals surface area contributed by atoms with Crippen LogP contribution in [0.4, 0.5) is 5.69 Å². The Labute approximate surface area is 160 Å². The predicted octanol–water partition coefficient (Wildman–Crippen LogP) is 4.05. The molecule has 0 atom stereocenters. The Morgan fingerprint density at radius 2 is 2.08 bits per heavy atom. The van der Waals surface area contributed by atoms with Crippen LogP contribution in [0.25, 0.3) is 5.69 Å². The van der Waals surface area contributed by atoms with Crippen molar-refractivity contribution in [2.75, 3.05) is 17.7 Å². The number of carbonyl (C=O) groups is 1. The summed E-state index contributed by atoms with van der Waals surface area (Å²) < 4.78 is 7.56. The number of halogens is 1. The lowest BCUT2D eigenvalue weighted by Gasteiger charge is -2.09. The maximum Gasteiger partial charge on any atom is 0.221 e. The third kappa shape index (κ3) is 5.00. The van der Waals surface area contributed by atoms with Crippen molar-refractivity contribution >= 4 is 35.0 Å². The Morgan fingerprint density at radius 1 is 1.27 bits per heavy atom. The highest BCUT2D eigenvalue weighted by atomic mass is 35.5. The molecule has 1 heterocycles. The fourth-order valence-electron chi connectivity index (χ4n) is 2.26. The number of nitrogens with one attached hydrogen (secondary N) is 1. The maximum absolute atomic E-state index is 11.2. The molecule has 6 nitrogen and oxygen atoms in total. The van der Waals surface area contributed by atoms with E-state index in [0.717, 1.165) is 22.3 Å². The molecule has 0 bridgehead atoms. The number of amides is 1. The molecule has 1 amide bonds. The van der Waals surface area contributed by atoms with E-state index < -0.39 is 0 Å². The summed E-state index contributed by atoms with van der Waals surface area (Å²) in [5.41, 5.74) is 1.60. The summed E-state index contributed by atoms with van der Waals surface area (Å²) in [5, 5.41) is 12.3. The van der Waals surface area contributed by atoms with Gasteiger partial charge in [0.15, 0.2) is 5.16 Å². The van der Waals surface area contributed by atoms with Crippen molar-refractivity contribution in [3.05, 3.63) is 59.9 Å². The van der Waals surface area contributed by atoms with Gasteiger partial charge < -0.3 is 10.1 Å². The molecule has 0 spiro atoms. The Hall–Kier alpha value is -2.51. The predicted molar refractivity (Wildman–Crippen MR) is 103 cm³/mol. The molecule has 1 N–H and O–H groups in total. The molecule has 0 saturated carbocycles. The van der Waals surface area contributed by atoms with Gasteiger partial charge in [0.1, 0.15) is 12.1 Å². The molecule has 0 unspecified atom stereocenters. The van der Waals surface area contributed by atoms with Crippen LogP contribution in [-0.4, -0.2) is 33.0 Å². The monoisotopic (exact) mass is 388 g/mol. The number of rotatable bonds is 7. The maximum atomic E-state index is 11.2. The minimum Gasteiger partial charge on any atom is -0.493 e. The highest BCUT2D eigenvalue weighted by Gasteiger charge is 2.08. The average Bonchev–Trinajstić information content (AvgIpc) is 3.08. The van der Waals surface area contributed by atoms with Gasteiger partial charge in [0, 0.05) is 23.4 Å². The van der Waals surface area contributed by atoms with Gasteiger partial charge in [-0.2, -0.15) is 0 Å². The summed E-state index contributed by atoms with van der Waals surface area (Å²) in [6.45, 7) is 2.01. The largest absolute Gasteiger partial charge is 0.493 e. The van der Waals surface area contributed by atoms with E-state index in [1.165, 1.54) is 6.92 Å². The molecule has 0 aliphatic rings. The Kier molecular flexibility index (Phi) is 6.14. The summed E-state index contributed by atoms with van der Waals surface area (Å²) in [7, 11) is 0. The van der Waals surface area contributed by atoms with Crippen molar-refractivity contribution in [2.24, 2.45) is 0 Å². The first-order chi connectivity index (χ1) is 12.6. The van der Waals surface area contributed by atoms with Crippen molar-refractivity contribution in [3.63, 3.8) is 0 Å². The zero-order valence-electron chi connectivity index (χ0n) is 14.1. The van der Waals surface area contributed by atoms with Crippen molar-refractivity contribution in [1.82, 2.24) is 14.8 Å². The molecular formula is C18H17ClN4O2S. The molecule has 1 aromatic heterocycles. The minimum absolute atomic E-state index is 0.111. The van der Waals surface area contributed by atoms with E-state index in [-0.39, 0.29) is 5.91 Å². The van der Waals surface area contributed by atoms with Gasteiger partial charge in [-0.3, -0.25) is 9.36 Å². The SMILES string of the molecule is CC(=O)Nc1cccc(-n2cnnc2SCCOc2ccc(Cl)cc2)c1. The molecule has 2 aromatic carbocycles. The molecule has 3 aromatic rings. The number of anilines is 1. The highest BCUT2D eigenvalue weighted by Crippen LogP contribution is 2.22. The molecule has 0 radical (unpaired) electrons. The smallest absolute Gasteiger partial charge is 0.221 e. The zero-order valence-corrected chi connectivity index (χ0v) is 15.6. The van der Waals surface area contributed by atoms with Gasteiger partial charge in [-0.05, 0) is 42.5 Å². The normalized spacial score (nSPS) is 10.5. The van der Waals surface area contributed by atoms with Gasteiger partial charge in [-0.1, -0.05) is 29.4 Å². The Bertz CT molecular complexity index is 883. The molecule has 8 heteroatoms. The van der Waals surface area contributed by atoms with Crippen LogP contribution < -0.4 is 10.1 Å². The van der Waals surface area contributed by atoms with Gasteiger partial charge >= 0.3 is 0 Å². The van der Waals surface area contributed by atoms with E-state index in [9.17, 15) is 4.79 Å².